The fraction of sp³-hybridized carbons (Fsp3) is 0.286. The molecule has 1 aliphatic rings. The number of amides is 1. The maximum absolute atomic E-state index is 11.0. The van der Waals surface area contributed by atoms with Crippen molar-refractivity contribution in [1.29, 1.82) is 5.26 Å². The fourth-order valence-corrected chi connectivity index (χ4v) is 2.18. The Labute approximate surface area is 126 Å². The Balaban J connectivity index is 1.88. The highest BCUT2D eigenvalue weighted by atomic mass is 32.2. The van der Waals surface area contributed by atoms with Gasteiger partial charge in [-0.15, -0.1) is 5.10 Å². The van der Waals surface area contributed by atoms with Crippen LogP contribution in [0.25, 0.3) is 0 Å². The Morgan fingerprint density at radius 3 is 3.19 bits per heavy atom. The molecule has 6 nitrogen and oxygen atoms in total. The fourth-order valence-electron chi connectivity index (χ4n) is 1.55. The van der Waals surface area contributed by atoms with Crippen molar-refractivity contribution in [2.75, 3.05) is 12.4 Å². The number of carbonyl (C=O) groups is 1. The van der Waals surface area contributed by atoms with Crippen molar-refractivity contribution in [3.05, 3.63) is 29.8 Å². The SMILES string of the molecule is N#CCCCOc1cccc(C=NN=C2NC(=O)CS2)c1. The molecule has 0 aromatic heterocycles. The Kier molecular flexibility index (Phi) is 5.79. The molecule has 1 saturated heterocycles. The van der Waals surface area contributed by atoms with Crippen LogP contribution in [0, 0.1) is 11.3 Å². The summed E-state index contributed by atoms with van der Waals surface area (Å²) in [4.78, 5) is 11.0. The predicted octanol–water partition coefficient (Wildman–Crippen LogP) is 1.92. The normalized spacial score (nSPS) is 16.1. The zero-order valence-corrected chi connectivity index (χ0v) is 12.1. The number of rotatable bonds is 6. The van der Waals surface area contributed by atoms with Crippen LogP contribution in [-0.2, 0) is 4.79 Å². The van der Waals surface area contributed by atoms with Crippen molar-refractivity contribution >= 4 is 29.1 Å². The average Bonchev–Trinajstić information content (AvgIpc) is 2.90. The topological polar surface area (TPSA) is 86.8 Å². The number of carbonyl (C=O) groups excluding carboxylic acids is 1. The van der Waals surface area contributed by atoms with Gasteiger partial charge >= 0.3 is 0 Å². The molecular formula is C14H14N4O2S. The van der Waals surface area contributed by atoms with Gasteiger partial charge < -0.3 is 10.1 Å². The lowest BCUT2D eigenvalue weighted by Gasteiger charge is -2.04. The number of hydrogen-bond acceptors (Lipinski definition) is 6. The summed E-state index contributed by atoms with van der Waals surface area (Å²) in [7, 11) is 0. The third-order valence-electron chi connectivity index (χ3n) is 2.50. The summed E-state index contributed by atoms with van der Waals surface area (Å²) < 4.78 is 5.53. The molecule has 0 unspecified atom stereocenters. The number of amidine groups is 1. The molecule has 108 valence electrons. The Hall–Kier alpha value is -2.33. The molecule has 1 heterocycles. The minimum absolute atomic E-state index is 0.0540. The second kappa shape index (κ2) is 8.07. The number of nitrogens with one attached hydrogen (secondary N) is 1. The van der Waals surface area contributed by atoms with E-state index in [4.69, 9.17) is 10.00 Å². The van der Waals surface area contributed by atoms with Gasteiger partial charge in [0, 0.05) is 6.42 Å². The summed E-state index contributed by atoms with van der Waals surface area (Å²) in [5.74, 6) is 1.07. The average molecular weight is 302 g/mol. The van der Waals surface area contributed by atoms with Crippen LogP contribution >= 0.6 is 11.8 Å². The highest BCUT2D eigenvalue weighted by molar-refractivity contribution is 8.15. The highest BCUT2D eigenvalue weighted by Crippen LogP contribution is 2.13. The van der Waals surface area contributed by atoms with Gasteiger partial charge in [0.15, 0.2) is 5.17 Å². The van der Waals surface area contributed by atoms with Gasteiger partial charge in [0.1, 0.15) is 5.75 Å². The Morgan fingerprint density at radius 1 is 1.52 bits per heavy atom. The van der Waals surface area contributed by atoms with Crippen LogP contribution < -0.4 is 10.1 Å². The number of hydrogen-bond donors (Lipinski definition) is 1. The van der Waals surface area contributed by atoms with Gasteiger partial charge in [-0.3, -0.25) is 4.79 Å². The van der Waals surface area contributed by atoms with Gasteiger partial charge in [-0.2, -0.15) is 10.4 Å². The van der Waals surface area contributed by atoms with E-state index in [0.717, 1.165) is 11.3 Å². The van der Waals surface area contributed by atoms with Crippen LogP contribution in [0.4, 0.5) is 0 Å². The minimum atomic E-state index is -0.0540. The van der Waals surface area contributed by atoms with Crippen molar-refractivity contribution in [1.82, 2.24) is 5.32 Å². The van der Waals surface area contributed by atoms with E-state index >= 15 is 0 Å². The van der Waals surface area contributed by atoms with Crippen molar-refractivity contribution in [3.8, 4) is 11.8 Å². The molecular weight excluding hydrogens is 288 g/mol. The molecule has 0 spiro atoms. The van der Waals surface area contributed by atoms with Gasteiger partial charge in [-0.05, 0) is 24.1 Å². The molecule has 1 aromatic carbocycles. The summed E-state index contributed by atoms with van der Waals surface area (Å²) in [5.41, 5.74) is 0.853. The van der Waals surface area contributed by atoms with Gasteiger partial charge in [0.2, 0.25) is 5.91 Å². The van der Waals surface area contributed by atoms with E-state index < -0.39 is 0 Å². The number of nitriles is 1. The van der Waals surface area contributed by atoms with Gasteiger partial charge in [0.05, 0.1) is 24.6 Å². The zero-order valence-electron chi connectivity index (χ0n) is 11.3. The lowest BCUT2D eigenvalue weighted by atomic mass is 10.2. The van der Waals surface area contributed by atoms with Gasteiger partial charge in [-0.1, -0.05) is 23.9 Å². The first-order valence-electron chi connectivity index (χ1n) is 6.41. The largest absolute Gasteiger partial charge is 0.494 e. The first-order chi connectivity index (χ1) is 10.3. The quantitative estimate of drug-likeness (QED) is 0.494. The van der Waals surface area contributed by atoms with E-state index in [-0.39, 0.29) is 5.91 Å². The van der Waals surface area contributed by atoms with E-state index in [2.05, 4.69) is 21.6 Å². The van der Waals surface area contributed by atoms with Gasteiger partial charge in [-0.25, -0.2) is 0 Å². The molecule has 1 aliphatic heterocycles. The monoisotopic (exact) mass is 302 g/mol. The highest BCUT2D eigenvalue weighted by Gasteiger charge is 2.15. The molecule has 0 aliphatic carbocycles. The first-order valence-corrected chi connectivity index (χ1v) is 7.40. The summed E-state index contributed by atoms with van der Waals surface area (Å²) in [6.45, 7) is 0.513. The van der Waals surface area contributed by atoms with Crippen LogP contribution in [0.1, 0.15) is 18.4 Å². The molecule has 0 radical (unpaired) electrons. The number of ether oxygens (including phenoxy) is 1. The smallest absolute Gasteiger partial charge is 0.236 e. The number of thioether (sulfide) groups is 1. The molecule has 0 saturated carbocycles. The van der Waals surface area contributed by atoms with E-state index in [9.17, 15) is 4.79 Å². The van der Waals surface area contributed by atoms with Crippen LogP contribution in [0.5, 0.6) is 5.75 Å². The lowest BCUT2D eigenvalue weighted by molar-refractivity contribution is -0.116. The zero-order chi connectivity index (χ0) is 14.9. The first kappa shape index (κ1) is 15.1. The second-order valence-corrected chi connectivity index (χ2v) is 5.13. The maximum Gasteiger partial charge on any atom is 0.236 e. The minimum Gasteiger partial charge on any atom is -0.494 e. The lowest BCUT2D eigenvalue weighted by Crippen LogP contribution is -2.19. The number of unbranched alkanes of at least 4 members (excludes halogenated alkanes) is 1. The molecule has 1 amide bonds. The molecule has 0 atom stereocenters. The van der Waals surface area contributed by atoms with Crippen LogP contribution in [0.2, 0.25) is 0 Å². The van der Waals surface area contributed by atoms with Crippen molar-refractivity contribution in [2.45, 2.75) is 12.8 Å². The molecule has 7 heteroatoms. The van der Waals surface area contributed by atoms with E-state index in [0.29, 0.717) is 30.4 Å². The Morgan fingerprint density at radius 2 is 2.43 bits per heavy atom. The standard InChI is InChI=1S/C14H14N4O2S/c15-6-1-2-7-20-12-5-3-4-11(8-12)9-16-18-14-17-13(19)10-21-14/h3-5,8-9H,1-2,7,10H2,(H,17,18,19). The summed E-state index contributed by atoms with van der Waals surface area (Å²) in [5, 5.41) is 19.4. The Bertz CT molecular complexity index is 607. The molecule has 0 bridgehead atoms. The van der Waals surface area contributed by atoms with E-state index in [1.54, 1.807) is 6.21 Å². The van der Waals surface area contributed by atoms with Crippen molar-refractivity contribution in [2.24, 2.45) is 10.2 Å². The maximum atomic E-state index is 11.0. The molecule has 1 aromatic rings. The van der Waals surface area contributed by atoms with Crippen LogP contribution in [-0.4, -0.2) is 29.6 Å². The second-order valence-electron chi connectivity index (χ2n) is 4.17. The van der Waals surface area contributed by atoms with Gasteiger partial charge in [0.25, 0.3) is 0 Å². The third-order valence-corrected chi connectivity index (χ3v) is 3.37. The summed E-state index contributed by atoms with van der Waals surface area (Å²) in [6.07, 6.45) is 2.79. The van der Waals surface area contributed by atoms with Crippen molar-refractivity contribution in [3.63, 3.8) is 0 Å². The molecule has 1 fully saturated rings. The third kappa shape index (κ3) is 5.28. The van der Waals surface area contributed by atoms with Crippen LogP contribution in [0.15, 0.2) is 34.5 Å². The molecule has 2 rings (SSSR count). The predicted molar refractivity (Wildman–Crippen MR) is 82.4 cm³/mol. The summed E-state index contributed by atoms with van der Waals surface area (Å²) in [6, 6.07) is 9.51. The summed E-state index contributed by atoms with van der Waals surface area (Å²) >= 11 is 1.33. The van der Waals surface area contributed by atoms with E-state index in [1.807, 2.05) is 24.3 Å². The van der Waals surface area contributed by atoms with Crippen molar-refractivity contribution < 1.29 is 9.53 Å². The van der Waals surface area contributed by atoms with Crippen LogP contribution in [0.3, 0.4) is 0 Å². The molecule has 1 N–H and O–H groups in total. The number of nitrogens with zero attached hydrogens (tertiary/aromatic N) is 3. The number of benzene rings is 1. The molecule has 21 heavy (non-hydrogen) atoms. The van der Waals surface area contributed by atoms with E-state index in [1.165, 1.54) is 11.8 Å².